The fourth-order valence-electron chi connectivity index (χ4n) is 3.65. The lowest BCUT2D eigenvalue weighted by Gasteiger charge is -2.46. The maximum absolute atomic E-state index is 12.6. The number of likely N-dealkylation sites (tertiary alicyclic amines) is 1. The first-order chi connectivity index (χ1) is 11.0. The normalized spacial score (nSPS) is 27.8. The van der Waals surface area contributed by atoms with Gasteiger partial charge in [-0.2, -0.15) is 0 Å². The highest BCUT2D eigenvalue weighted by Gasteiger charge is 2.45. The minimum atomic E-state index is -0.703. The quantitative estimate of drug-likeness (QED) is 0.759. The van der Waals surface area contributed by atoms with Gasteiger partial charge in [0.25, 0.3) is 0 Å². The molecule has 0 bridgehead atoms. The van der Waals surface area contributed by atoms with Crippen molar-refractivity contribution in [2.45, 2.75) is 50.5 Å². The molecule has 0 N–H and O–H groups in total. The molecule has 0 spiro atoms. The number of rotatable bonds is 4. The highest BCUT2D eigenvalue weighted by atomic mass is 35.5. The average molecular weight is 354 g/mol. The molecular formula is C18H21Cl2NO2. The van der Waals surface area contributed by atoms with Crippen molar-refractivity contribution in [1.82, 2.24) is 4.90 Å². The molecule has 1 aromatic carbocycles. The lowest BCUT2D eigenvalue weighted by atomic mass is 9.70. The van der Waals surface area contributed by atoms with E-state index < -0.39 is 5.41 Å². The molecule has 1 aliphatic carbocycles. The van der Waals surface area contributed by atoms with E-state index in [2.05, 4.69) is 0 Å². The minimum absolute atomic E-state index is 0.169. The Morgan fingerprint density at radius 3 is 2.70 bits per heavy atom. The summed E-state index contributed by atoms with van der Waals surface area (Å²) in [7, 11) is 0. The third-order valence-electron chi connectivity index (χ3n) is 5.35. The molecule has 3 nitrogen and oxygen atoms in total. The summed E-state index contributed by atoms with van der Waals surface area (Å²) in [6.07, 6.45) is 5.45. The second-order valence-electron chi connectivity index (χ2n) is 6.80. The number of hydrogen-bond donors (Lipinski definition) is 0. The lowest BCUT2D eigenvalue weighted by molar-refractivity contribution is -0.138. The van der Waals surface area contributed by atoms with E-state index in [1.165, 1.54) is 0 Å². The predicted octanol–water partition coefficient (Wildman–Crippen LogP) is 4.24. The standard InChI is InChI=1S/C18H21Cl2NO2/c1-12-18(11-22,14-5-6-15(19)16(20)10-14)7-2-8-21(12)17(23)9-13-3-4-13/h5-6,10-13H,2-4,7-9H2,1H3/t12?,18-/m1/s1. The number of aldehydes is 1. The predicted molar refractivity (Wildman–Crippen MR) is 92.0 cm³/mol. The summed E-state index contributed by atoms with van der Waals surface area (Å²) in [5.41, 5.74) is 0.143. The summed E-state index contributed by atoms with van der Waals surface area (Å²) < 4.78 is 0. The molecule has 1 amide bonds. The van der Waals surface area contributed by atoms with Crippen LogP contribution in [-0.2, 0) is 15.0 Å². The van der Waals surface area contributed by atoms with E-state index in [4.69, 9.17) is 23.2 Å². The number of carbonyl (C=O) groups is 2. The van der Waals surface area contributed by atoms with Gasteiger partial charge >= 0.3 is 0 Å². The van der Waals surface area contributed by atoms with Crippen LogP contribution in [0.5, 0.6) is 0 Å². The van der Waals surface area contributed by atoms with Crippen LogP contribution in [0.1, 0.15) is 44.6 Å². The number of nitrogens with zero attached hydrogens (tertiary/aromatic N) is 1. The van der Waals surface area contributed by atoms with Crippen LogP contribution in [0.15, 0.2) is 18.2 Å². The maximum atomic E-state index is 12.6. The van der Waals surface area contributed by atoms with Gasteiger partial charge in [-0.25, -0.2) is 0 Å². The zero-order valence-electron chi connectivity index (χ0n) is 13.2. The first-order valence-electron chi connectivity index (χ1n) is 8.19. The number of halogens is 2. The van der Waals surface area contributed by atoms with Gasteiger partial charge < -0.3 is 9.69 Å². The largest absolute Gasteiger partial charge is 0.339 e. The van der Waals surface area contributed by atoms with Crippen LogP contribution in [-0.4, -0.2) is 29.7 Å². The van der Waals surface area contributed by atoms with Crippen LogP contribution >= 0.6 is 23.2 Å². The third kappa shape index (κ3) is 3.14. The van der Waals surface area contributed by atoms with Gasteiger partial charge in [-0.3, -0.25) is 4.79 Å². The van der Waals surface area contributed by atoms with Crippen LogP contribution in [0, 0.1) is 5.92 Å². The molecule has 1 heterocycles. The Morgan fingerprint density at radius 2 is 2.09 bits per heavy atom. The van der Waals surface area contributed by atoms with Crippen molar-refractivity contribution in [2.75, 3.05) is 6.54 Å². The van der Waals surface area contributed by atoms with Crippen LogP contribution < -0.4 is 0 Å². The fourth-order valence-corrected chi connectivity index (χ4v) is 3.94. The Bertz CT molecular complexity index is 629. The van der Waals surface area contributed by atoms with E-state index in [1.807, 2.05) is 17.9 Å². The Kier molecular flexibility index (Phi) is 4.70. The first-order valence-corrected chi connectivity index (χ1v) is 8.95. The van der Waals surface area contributed by atoms with E-state index in [9.17, 15) is 9.59 Å². The van der Waals surface area contributed by atoms with Gasteiger partial charge in [0, 0.05) is 19.0 Å². The van der Waals surface area contributed by atoms with Crippen molar-refractivity contribution in [3.8, 4) is 0 Å². The molecule has 2 fully saturated rings. The molecule has 23 heavy (non-hydrogen) atoms. The SMILES string of the molecule is CC1N(C(=O)CC2CC2)CCC[C@]1(C=O)c1ccc(Cl)c(Cl)c1. The van der Waals surface area contributed by atoms with Crippen LogP contribution in [0.4, 0.5) is 0 Å². The maximum Gasteiger partial charge on any atom is 0.223 e. The third-order valence-corrected chi connectivity index (χ3v) is 6.09. The van der Waals surface area contributed by atoms with Gasteiger partial charge in [-0.15, -0.1) is 0 Å². The summed E-state index contributed by atoms with van der Waals surface area (Å²) in [4.78, 5) is 26.5. The Morgan fingerprint density at radius 1 is 1.35 bits per heavy atom. The fraction of sp³-hybridized carbons (Fsp3) is 0.556. The molecule has 1 unspecified atom stereocenters. The van der Waals surface area contributed by atoms with Gasteiger partial charge in [0.15, 0.2) is 0 Å². The van der Waals surface area contributed by atoms with Crippen molar-refractivity contribution in [3.05, 3.63) is 33.8 Å². The summed E-state index contributed by atoms with van der Waals surface area (Å²) in [6.45, 7) is 2.70. The summed E-state index contributed by atoms with van der Waals surface area (Å²) in [5.74, 6) is 0.721. The number of piperidine rings is 1. The van der Waals surface area contributed by atoms with E-state index in [0.29, 0.717) is 22.4 Å². The van der Waals surface area contributed by atoms with Gasteiger partial charge in [0.1, 0.15) is 6.29 Å². The number of carbonyl (C=O) groups excluding carboxylic acids is 2. The van der Waals surface area contributed by atoms with Crippen molar-refractivity contribution in [3.63, 3.8) is 0 Å². The van der Waals surface area contributed by atoms with Gasteiger partial charge in [-0.1, -0.05) is 29.3 Å². The number of hydrogen-bond acceptors (Lipinski definition) is 2. The topological polar surface area (TPSA) is 37.4 Å². The van der Waals surface area contributed by atoms with Gasteiger partial charge in [0.05, 0.1) is 15.5 Å². The molecule has 5 heteroatoms. The average Bonchev–Trinajstić information content (AvgIpc) is 3.34. The Balaban J connectivity index is 1.91. The Labute approximate surface area is 146 Å². The molecule has 2 aliphatic rings. The number of amides is 1. The summed E-state index contributed by atoms with van der Waals surface area (Å²) in [5, 5.41) is 0.917. The monoisotopic (exact) mass is 353 g/mol. The highest BCUT2D eigenvalue weighted by Crippen LogP contribution is 2.41. The van der Waals surface area contributed by atoms with Crippen LogP contribution in [0.25, 0.3) is 0 Å². The molecule has 0 aromatic heterocycles. The van der Waals surface area contributed by atoms with Gasteiger partial charge in [0.2, 0.25) is 5.91 Å². The second-order valence-corrected chi connectivity index (χ2v) is 7.62. The van der Waals surface area contributed by atoms with E-state index in [-0.39, 0.29) is 11.9 Å². The molecule has 1 saturated carbocycles. The minimum Gasteiger partial charge on any atom is -0.339 e. The first kappa shape index (κ1) is 16.8. The molecule has 3 rings (SSSR count). The highest BCUT2D eigenvalue weighted by molar-refractivity contribution is 6.42. The molecule has 0 radical (unpaired) electrons. The molecule has 1 aromatic rings. The zero-order valence-corrected chi connectivity index (χ0v) is 14.7. The van der Waals surface area contributed by atoms with Crippen molar-refractivity contribution in [2.24, 2.45) is 5.92 Å². The molecular weight excluding hydrogens is 333 g/mol. The molecule has 2 atom stereocenters. The summed E-state index contributed by atoms with van der Waals surface area (Å²) in [6, 6.07) is 5.18. The van der Waals surface area contributed by atoms with E-state index in [0.717, 1.165) is 44.1 Å². The van der Waals surface area contributed by atoms with Crippen LogP contribution in [0.2, 0.25) is 10.0 Å². The molecule has 1 aliphatic heterocycles. The smallest absolute Gasteiger partial charge is 0.223 e. The summed E-state index contributed by atoms with van der Waals surface area (Å²) >= 11 is 12.2. The Hall–Kier alpha value is -1.06. The van der Waals surface area contributed by atoms with Crippen LogP contribution in [0.3, 0.4) is 0 Å². The zero-order chi connectivity index (χ0) is 16.6. The second kappa shape index (κ2) is 6.45. The van der Waals surface area contributed by atoms with Crippen molar-refractivity contribution < 1.29 is 9.59 Å². The van der Waals surface area contributed by atoms with Gasteiger partial charge in [-0.05, 0) is 56.2 Å². The van der Waals surface area contributed by atoms with E-state index in [1.54, 1.807) is 12.1 Å². The van der Waals surface area contributed by atoms with Crippen molar-refractivity contribution in [1.29, 1.82) is 0 Å². The lowest BCUT2D eigenvalue weighted by Crippen LogP contribution is -2.56. The van der Waals surface area contributed by atoms with Crippen molar-refractivity contribution >= 4 is 35.4 Å². The molecule has 124 valence electrons. The number of benzene rings is 1. The molecule has 1 saturated heterocycles. The van der Waals surface area contributed by atoms with E-state index >= 15 is 0 Å².